The largest absolute Gasteiger partial charge is 0.468 e. The summed E-state index contributed by atoms with van der Waals surface area (Å²) in [4.78, 5) is 29.3. The van der Waals surface area contributed by atoms with Gasteiger partial charge in [0, 0.05) is 50.2 Å². The summed E-state index contributed by atoms with van der Waals surface area (Å²) in [5.41, 5.74) is -2.19. The number of terminal acetylenes is 1. The van der Waals surface area contributed by atoms with Gasteiger partial charge in [-0.05, 0) is 63.7 Å². The molecule has 292 valence electrons. The molecule has 3 aliphatic heterocycles. The average molecular weight is 769 g/mol. The summed E-state index contributed by atoms with van der Waals surface area (Å²) in [6, 6.07) is 4.28. The van der Waals surface area contributed by atoms with E-state index in [1.807, 2.05) is 4.90 Å². The fourth-order valence-electron chi connectivity index (χ4n) is 7.95. The zero-order valence-corrected chi connectivity index (χ0v) is 30.9. The molecular formula is C39H41F5N6O5. The molecule has 0 aliphatic carbocycles. The molecule has 0 radical (unpaired) electrons. The Labute approximate surface area is 314 Å². The monoisotopic (exact) mass is 768 g/mol. The number of nitrogens with zero attached hydrogens (tertiary/aromatic N) is 5. The summed E-state index contributed by atoms with van der Waals surface area (Å²) in [5.74, 6) is -2.56. The molecule has 3 aliphatic rings. The zero-order chi connectivity index (χ0) is 39.3. The lowest BCUT2D eigenvalue weighted by atomic mass is 9.95. The third kappa shape index (κ3) is 7.77. The second-order valence-corrected chi connectivity index (χ2v) is 15.3. The zero-order valence-electron chi connectivity index (χ0n) is 30.9. The van der Waals surface area contributed by atoms with E-state index in [0.717, 1.165) is 6.42 Å². The summed E-state index contributed by atoms with van der Waals surface area (Å²) < 4.78 is 100.0. The van der Waals surface area contributed by atoms with Crippen molar-refractivity contribution in [2.45, 2.75) is 75.7 Å². The van der Waals surface area contributed by atoms with E-state index in [2.05, 4.69) is 26.2 Å². The number of hydrogen-bond donors (Lipinski definition) is 1. The number of halogens is 5. The van der Waals surface area contributed by atoms with Crippen LogP contribution in [0.2, 0.25) is 0 Å². The highest BCUT2D eigenvalue weighted by molar-refractivity contribution is 6.03. The molecule has 4 aromatic rings. The smallest absolute Gasteiger partial charge is 0.407 e. The summed E-state index contributed by atoms with van der Waals surface area (Å²) >= 11 is 0. The van der Waals surface area contributed by atoms with Crippen LogP contribution in [0.1, 0.15) is 52.0 Å². The van der Waals surface area contributed by atoms with Crippen LogP contribution in [0.5, 0.6) is 11.8 Å². The Morgan fingerprint density at radius 3 is 2.67 bits per heavy atom. The Balaban J connectivity index is 1.36. The van der Waals surface area contributed by atoms with Gasteiger partial charge in [0.05, 0.1) is 29.1 Å². The quantitative estimate of drug-likeness (QED) is 0.111. The Kier molecular flexibility index (Phi) is 10.1. The number of alkyl carbamates (subject to hydrolysis) is 1. The summed E-state index contributed by atoms with van der Waals surface area (Å²) in [5, 5.41) is 3.09. The van der Waals surface area contributed by atoms with Gasteiger partial charge in [0.15, 0.2) is 12.6 Å². The second-order valence-electron chi connectivity index (χ2n) is 15.3. The van der Waals surface area contributed by atoms with E-state index in [4.69, 9.17) is 25.4 Å². The molecule has 3 fully saturated rings. The maximum atomic E-state index is 17.2. The number of methoxy groups -OCH3 is 1. The molecule has 11 nitrogen and oxygen atoms in total. The van der Waals surface area contributed by atoms with Crippen LogP contribution < -0.4 is 19.7 Å². The van der Waals surface area contributed by atoms with E-state index in [0.29, 0.717) is 18.4 Å². The summed E-state index contributed by atoms with van der Waals surface area (Å²) in [6.45, 7) is 4.74. The van der Waals surface area contributed by atoms with Gasteiger partial charge < -0.3 is 29.2 Å². The van der Waals surface area contributed by atoms with Crippen molar-refractivity contribution in [3.05, 3.63) is 47.7 Å². The van der Waals surface area contributed by atoms with Crippen molar-refractivity contribution in [3.63, 3.8) is 0 Å². The van der Waals surface area contributed by atoms with E-state index in [-0.39, 0.29) is 83.6 Å². The molecule has 2 aromatic carbocycles. The predicted octanol–water partition coefficient (Wildman–Crippen LogP) is 6.78. The Bertz CT molecular complexity index is 2180. The number of piperidine rings is 1. The number of amides is 1. The predicted molar refractivity (Wildman–Crippen MR) is 194 cm³/mol. The third-order valence-electron chi connectivity index (χ3n) is 10.1. The molecule has 3 saturated heterocycles. The molecule has 5 heterocycles. The number of nitrogens with one attached hydrogen (secondary N) is 1. The van der Waals surface area contributed by atoms with Gasteiger partial charge >= 0.3 is 12.1 Å². The number of rotatable bonds is 9. The summed E-state index contributed by atoms with van der Waals surface area (Å²) in [6.07, 6.45) is 6.09. The fourth-order valence-corrected chi connectivity index (χ4v) is 7.95. The highest BCUT2D eigenvalue weighted by atomic mass is 19.3. The molecular weight excluding hydrogens is 727 g/mol. The van der Waals surface area contributed by atoms with Crippen LogP contribution in [-0.4, -0.2) is 102 Å². The number of carbonyl (C=O) groups excluding carboxylic acids is 1. The molecule has 55 heavy (non-hydrogen) atoms. The highest BCUT2D eigenvalue weighted by Gasteiger charge is 2.49. The van der Waals surface area contributed by atoms with Crippen LogP contribution in [0.4, 0.5) is 32.6 Å². The standard InChI is InChI=1S/C39H41F5N6O5/c1-6-26-29(41)9-8-22-12-25(54-21-52-5)13-27(30(22)26)32-31(42)33-28(16-45-32)34(48-35(47-33)53-20-38-10-7-11-50(38)17-23(40)14-38)49-18-24(15-39(43,44)19-49)46-36(51)55-37(2,3)4/h1,8-9,12-13,16,23-24H,7,10-11,14-15,17-21H2,2-5H3,(H,46,51)/t23-,24?,38+/m1/s1. The number of alkyl halides is 3. The summed E-state index contributed by atoms with van der Waals surface area (Å²) in [7, 11) is 1.43. The molecule has 16 heteroatoms. The molecule has 3 atom stereocenters. The first kappa shape index (κ1) is 38.3. The van der Waals surface area contributed by atoms with Gasteiger partial charge in [-0.1, -0.05) is 12.0 Å². The Morgan fingerprint density at radius 2 is 1.93 bits per heavy atom. The van der Waals surface area contributed by atoms with Crippen LogP contribution >= 0.6 is 0 Å². The molecule has 2 aromatic heterocycles. The number of anilines is 1. The lowest BCUT2D eigenvalue weighted by molar-refractivity contribution is -0.0231. The number of aromatic nitrogens is 3. The Hall–Kier alpha value is -5.01. The molecule has 0 saturated carbocycles. The van der Waals surface area contributed by atoms with Crippen molar-refractivity contribution >= 4 is 33.6 Å². The lowest BCUT2D eigenvalue weighted by Crippen LogP contribution is -2.56. The molecule has 1 unspecified atom stereocenters. The van der Waals surface area contributed by atoms with E-state index < -0.39 is 60.0 Å². The van der Waals surface area contributed by atoms with Crippen LogP contribution in [0.15, 0.2) is 30.5 Å². The van der Waals surface area contributed by atoms with Gasteiger partial charge in [-0.15, -0.1) is 6.42 Å². The van der Waals surface area contributed by atoms with Crippen LogP contribution in [-0.2, 0) is 9.47 Å². The van der Waals surface area contributed by atoms with Crippen molar-refractivity contribution < 1.29 is 45.7 Å². The second kappa shape index (κ2) is 14.6. The van der Waals surface area contributed by atoms with E-state index in [9.17, 15) is 9.18 Å². The number of hydrogen-bond acceptors (Lipinski definition) is 10. The van der Waals surface area contributed by atoms with E-state index in [1.54, 1.807) is 26.8 Å². The normalized spacial score (nSPS) is 22.4. The number of benzene rings is 2. The minimum atomic E-state index is -3.32. The van der Waals surface area contributed by atoms with Gasteiger partial charge in [0.1, 0.15) is 47.0 Å². The van der Waals surface area contributed by atoms with E-state index >= 15 is 17.6 Å². The molecule has 1 amide bonds. The topological polar surface area (TPSA) is 111 Å². The van der Waals surface area contributed by atoms with Crippen LogP contribution in [0.3, 0.4) is 0 Å². The number of fused-ring (bicyclic) bond motifs is 3. The van der Waals surface area contributed by atoms with Crippen molar-refractivity contribution in [2.24, 2.45) is 0 Å². The lowest BCUT2D eigenvalue weighted by Gasteiger charge is -2.39. The first-order valence-electron chi connectivity index (χ1n) is 17.9. The Morgan fingerprint density at radius 1 is 1.13 bits per heavy atom. The maximum absolute atomic E-state index is 17.2. The van der Waals surface area contributed by atoms with Gasteiger partial charge in [0.2, 0.25) is 0 Å². The highest BCUT2D eigenvalue weighted by Crippen LogP contribution is 2.42. The van der Waals surface area contributed by atoms with Crippen LogP contribution in [0, 0.1) is 24.0 Å². The van der Waals surface area contributed by atoms with Crippen molar-refractivity contribution in [3.8, 4) is 35.4 Å². The third-order valence-corrected chi connectivity index (χ3v) is 10.1. The molecule has 0 spiro atoms. The van der Waals surface area contributed by atoms with Crippen molar-refractivity contribution in [1.82, 2.24) is 25.2 Å². The van der Waals surface area contributed by atoms with Gasteiger partial charge in [-0.2, -0.15) is 9.97 Å². The van der Waals surface area contributed by atoms with Gasteiger partial charge in [-0.3, -0.25) is 9.88 Å². The molecule has 7 rings (SSSR count). The minimum Gasteiger partial charge on any atom is -0.468 e. The van der Waals surface area contributed by atoms with Crippen LogP contribution in [0.25, 0.3) is 32.9 Å². The first-order valence-corrected chi connectivity index (χ1v) is 17.9. The average Bonchev–Trinajstić information content (AvgIpc) is 3.63. The van der Waals surface area contributed by atoms with Gasteiger partial charge in [0.25, 0.3) is 5.92 Å². The maximum Gasteiger partial charge on any atom is 0.407 e. The minimum absolute atomic E-state index is 0.0226. The molecule has 0 bridgehead atoms. The molecule has 1 N–H and O–H groups in total. The van der Waals surface area contributed by atoms with Crippen molar-refractivity contribution in [2.75, 3.05) is 51.6 Å². The number of carbonyl (C=O) groups is 1. The van der Waals surface area contributed by atoms with Crippen molar-refractivity contribution in [1.29, 1.82) is 0 Å². The SMILES string of the molecule is C#Cc1c(F)ccc2cc(OCOC)cc(-c3ncc4c(N5CC(NC(=O)OC(C)(C)C)CC(F)(F)C5)nc(OC[C@@]56CCCN5C[C@H](F)C6)nc4c3F)c12. The number of pyridine rings is 1. The van der Waals surface area contributed by atoms with E-state index in [1.165, 1.54) is 36.4 Å². The van der Waals surface area contributed by atoms with Gasteiger partial charge in [-0.25, -0.2) is 26.7 Å². The first-order chi connectivity index (χ1) is 26.1. The fraction of sp³-hybridized carbons (Fsp3) is 0.487. The number of ether oxygens (including phenoxy) is 4.